The zero-order valence-electron chi connectivity index (χ0n) is 16.5. The van der Waals surface area contributed by atoms with Crippen molar-refractivity contribution in [3.63, 3.8) is 0 Å². The molecule has 0 aliphatic carbocycles. The first-order chi connectivity index (χ1) is 13.0. The number of amides is 1. The van der Waals surface area contributed by atoms with Gasteiger partial charge in [0.2, 0.25) is 5.91 Å². The van der Waals surface area contributed by atoms with Gasteiger partial charge in [-0.1, -0.05) is 6.92 Å². The normalized spacial score (nSPS) is 16.0. The lowest BCUT2D eigenvalue weighted by Crippen LogP contribution is -2.27. The number of carbonyl (C=O) groups excluding carboxylic acids is 1. The molecule has 2 aromatic rings. The average molecular weight is 374 g/mol. The maximum Gasteiger partial charge on any atom is 0.246 e. The fraction of sp³-hybridized carbons (Fsp3) is 0.600. The molecular weight excluding hydrogens is 344 g/mol. The Hall–Kier alpha value is -2.12. The Balaban J connectivity index is 1.53. The van der Waals surface area contributed by atoms with E-state index in [4.69, 9.17) is 9.15 Å². The van der Waals surface area contributed by atoms with Gasteiger partial charge >= 0.3 is 0 Å². The van der Waals surface area contributed by atoms with Crippen LogP contribution in [0.1, 0.15) is 48.6 Å². The van der Waals surface area contributed by atoms with Crippen LogP contribution < -0.4 is 5.32 Å². The lowest BCUT2D eigenvalue weighted by atomic mass is 10.0. The summed E-state index contributed by atoms with van der Waals surface area (Å²) < 4.78 is 12.7. The summed E-state index contributed by atoms with van der Waals surface area (Å²) in [7, 11) is 1.51. The fourth-order valence-electron chi connectivity index (χ4n) is 3.47. The van der Waals surface area contributed by atoms with Crippen LogP contribution in [-0.4, -0.2) is 47.4 Å². The molecule has 0 aromatic carbocycles. The molecule has 1 atom stereocenters. The van der Waals surface area contributed by atoms with Gasteiger partial charge in [0.15, 0.2) is 0 Å². The highest BCUT2D eigenvalue weighted by molar-refractivity contribution is 5.77. The summed E-state index contributed by atoms with van der Waals surface area (Å²) in [4.78, 5) is 14.0. The van der Waals surface area contributed by atoms with Crippen LogP contribution >= 0.6 is 0 Å². The molecular formula is C20H30N4O3. The number of carbonyl (C=O) groups is 1. The first-order valence-corrected chi connectivity index (χ1v) is 9.65. The highest BCUT2D eigenvalue weighted by Crippen LogP contribution is 2.23. The Morgan fingerprint density at radius 1 is 1.41 bits per heavy atom. The molecule has 27 heavy (non-hydrogen) atoms. The van der Waals surface area contributed by atoms with E-state index in [2.05, 4.69) is 39.1 Å². The summed E-state index contributed by atoms with van der Waals surface area (Å²) in [5.74, 6) is 2.34. The van der Waals surface area contributed by atoms with Crippen molar-refractivity contribution >= 4 is 5.91 Å². The second-order valence-corrected chi connectivity index (χ2v) is 7.33. The zero-order chi connectivity index (χ0) is 19.2. The van der Waals surface area contributed by atoms with Gasteiger partial charge in [-0.25, -0.2) is 0 Å². The Labute approximate surface area is 160 Å². The number of hydrogen-bond acceptors (Lipinski definition) is 5. The largest absolute Gasteiger partial charge is 0.466 e. The maximum absolute atomic E-state index is 11.5. The van der Waals surface area contributed by atoms with Gasteiger partial charge in [0, 0.05) is 32.7 Å². The van der Waals surface area contributed by atoms with Crippen molar-refractivity contribution in [3.05, 3.63) is 41.1 Å². The van der Waals surface area contributed by atoms with Crippen molar-refractivity contribution in [2.45, 2.75) is 52.2 Å². The SMILES string of the molecule is COCC(=O)NCc1cc2n(n1)CCCN(CC[C@@H](C)c1ccc(C)o1)C2. The number of nitrogens with one attached hydrogen (secondary N) is 1. The second-order valence-electron chi connectivity index (χ2n) is 7.33. The molecule has 148 valence electrons. The minimum atomic E-state index is -0.121. The van der Waals surface area contributed by atoms with E-state index in [9.17, 15) is 4.79 Å². The van der Waals surface area contributed by atoms with Gasteiger partial charge in [0.1, 0.15) is 18.1 Å². The van der Waals surface area contributed by atoms with E-state index in [0.717, 1.165) is 56.2 Å². The van der Waals surface area contributed by atoms with E-state index in [-0.39, 0.29) is 12.5 Å². The van der Waals surface area contributed by atoms with Crippen LogP contribution in [0.3, 0.4) is 0 Å². The van der Waals surface area contributed by atoms with Gasteiger partial charge in [0.25, 0.3) is 0 Å². The highest BCUT2D eigenvalue weighted by atomic mass is 16.5. The number of aromatic nitrogens is 2. The average Bonchev–Trinajstić information content (AvgIpc) is 3.19. The van der Waals surface area contributed by atoms with Crippen LogP contribution in [0.15, 0.2) is 22.6 Å². The van der Waals surface area contributed by atoms with Crippen LogP contribution in [0.2, 0.25) is 0 Å². The molecule has 7 heteroatoms. The van der Waals surface area contributed by atoms with Crippen LogP contribution in [0.4, 0.5) is 0 Å². The molecule has 0 radical (unpaired) electrons. The first-order valence-electron chi connectivity index (χ1n) is 9.65. The molecule has 1 aliphatic rings. The zero-order valence-corrected chi connectivity index (χ0v) is 16.5. The molecule has 1 aliphatic heterocycles. The molecule has 3 rings (SSSR count). The minimum Gasteiger partial charge on any atom is -0.466 e. The molecule has 0 unspecified atom stereocenters. The smallest absolute Gasteiger partial charge is 0.246 e. The van der Waals surface area contributed by atoms with Crippen molar-refractivity contribution in [3.8, 4) is 0 Å². The van der Waals surface area contributed by atoms with Gasteiger partial charge in [0.05, 0.1) is 17.9 Å². The second kappa shape index (κ2) is 9.19. The number of nitrogens with zero attached hydrogens (tertiary/aromatic N) is 3. The summed E-state index contributed by atoms with van der Waals surface area (Å²) in [6, 6.07) is 6.22. The highest BCUT2D eigenvalue weighted by Gasteiger charge is 2.18. The van der Waals surface area contributed by atoms with E-state index >= 15 is 0 Å². The van der Waals surface area contributed by atoms with E-state index in [1.165, 1.54) is 12.8 Å². The Bertz CT molecular complexity index is 752. The van der Waals surface area contributed by atoms with Gasteiger partial charge in [-0.15, -0.1) is 0 Å². The van der Waals surface area contributed by atoms with E-state index in [1.807, 2.05) is 13.0 Å². The summed E-state index contributed by atoms with van der Waals surface area (Å²) in [6.07, 6.45) is 2.15. The van der Waals surface area contributed by atoms with E-state index < -0.39 is 0 Å². The molecule has 3 heterocycles. The third-order valence-electron chi connectivity index (χ3n) is 5.01. The first kappa shape index (κ1) is 19.6. The fourth-order valence-corrected chi connectivity index (χ4v) is 3.47. The quantitative estimate of drug-likeness (QED) is 0.768. The third-order valence-corrected chi connectivity index (χ3v) is 5.01. The maximum atomic E-state index is 11.5. The Kier molecular flexibility index (Phi) is 6.68. The summed E-state index contributed by atoms with van der Waals surface area (Å²) in [5.41, 5.74) is 2.11. The third kappa shape index (κ3) is 5.43. The molecule has 0 saturated carbocycles. The summed E-state index contributed by atoms with van der Waals surface area (Å²) in [6.45, 7) is 8.65. The monoisotopic (exact) mass is 374 g/mol. The van der Waals surface area contributed by atoms with Crippen molar-refractivity contribution in [2.75, 3.05) is 26.8 Å². The predicted molar refractivity (Wildman–Crippen MR) is 102 cm³/mol. The number of methoxy groups -OCH3 is 1. The number of fused-ring (bicyclic) bond motifs is 1. The van der Waals surface area contributed by atoms with Gasteiger partial charge in [-0.05, 0) is 44.5 Å². The Morgan fingerprint density at radius 2 is 2.26 bits per heavy atom. The lowest BCUT2D eigenvalue weighted by molar-refractivity contribution is -0.124. The van der Waals surface area contributed by atoms with Gasteiger partial charge in [-0.2, -0.15) is 5.10 Å². The summed E-state index contributed by atoms with van der Waals surface area (Å²) >= 11 is 0. The number of ether oxygens (including phenoxy) is 1. The Morgan fingerprint density at radius 3 is 3.00 bits per heavy atom. The molecule has 0 saturated heterocycles. The molecule has 7 nitrogen and oxygen atoms in total. The van der Waals surface area contributed by atoms with Crippen LogP contribution in [0.25, 0.3) is 0 Å². The number of aryl methyl sites for hydroxylation is 2. The number of furan rings is 1. The predicted octanol–water partition coefficient (Wildman–Crippen LogP) is 2.45. The summed E-state index contributed by atoms with van der Waals surface area (Å²) in [5, 5.41) is 7.47. The van der Waals surface area contributed by atoms with Crippen molar-refractivity contribution in [2.24, 2.45) is 0 Å². The van der Waals surface area contributed by atoms with Crippen molar-refractivity contribution < 1.29 is 13.9 Å². The molecule has 1 N–H and O–H groups in total. The molecule has 0 spiro atoms. The molecule has 0 fully saturated rings. The van der Waals surface area contributed by atoms with Crippen LogP contribution in [0, 0.1) is 6.92 Å². The molecule has 1 amide bonds. The number of rotatable bonds is 8. The molecule has 2 aromatic heterocycles. The van der Waals surface area contributed by atoms with Gasteiger partial charge < -0.3 is 14.5 Å². The molecule has 0 bridgehead atoms. The van der Waals surface area contributed by atoms with E-state index in [0.29, 0.717) is 12.5 Å². The van der Waals surface area contributed by atoms with Crippen LogP contribution in [-0.2, 0) is 29.2 Å². The minimum absolute atomic E-state index is 0.0781. The van der Waals surface area contributed by atoms with Gasteiger partial charge in [-0.3, -0.25) is 14.4 Å². The van der Waals surface area contributed by atoms with Crippen molar-refractivity contribution in [1.29, 1.82) is 0 Å². The van der Waals surface area contributed by atoms with Crippen LogP contribution in [0.5, 0.6) is 0 Å². The van der Waals surface area contributed by atoms with E-state index in [1.54, 1.807) is 0 Å². The van der Waals surface area contributed by atoms with Crippen molar-refractivity contribution in [1.82, 2.24) is 20.0 Å². The topological polar surface area (TPSA) is 72.5 Å². The lowest BCUT2D eigenvalue weighted by Gasteiger charge is -2.21. The standard InChI is InChI=1S/C20H30N4O3/c1-15(19-6-5-16(2)27-19)7-10-23-8-4-9-24-18(13-23)11-17(22-24)12-21-20(25)14-26-3/h5-6,11,15H,4,7-10,12-14H2,1-3H3,(H,21,25)/t15-/m1/s1. The number of hydrogen-bond donors (Lipinski definition) is 1.